The van der Waals surface area contributed by atoms with Crippen LogP contribution in [0.2, 0.25) is 0 Å². The number of hydrogen-bond donors (Lipinski definition) is 5. The van der Waals surface area contributed by atoms with Gasteiger partial charge in [-0.2, -0.15) is 4.31 Å². The number of allylic oxidation sites excluding steroid dienone is 3. The van der Waals surface area contributed by atoms with Crippen molar-refractivity contribution in [3.8, 4) is 0 Å². The van der Waals surface area contributed by atoms with Gasteiger partial charge in [0.05, 0.1) is 31.3 Å². The number of phosphoric acid groups is 2. The van der Waals surface area contributed by atoms with Crippen molar-refractivity contribution in [3.05, 3.63) is 23.3 Å². The Morgan fingerprint density at radius 1 is 1.10 bits per heavy atom. The Hall–Kier alpha value is -0.870. The fourth-order valence-corrected chi connectivity index (χ4v) is 4.47. The molecule has 0 fully saturated rings. The van der Waals surface area contributed by atoms with Gasteiger partial charge in [0.15, 0.2) is 0 Å². The fourth-order valence-electron chi connectivity index (χ4n) is 2.45. The van der Waals surface area contributed by atoms with Gasteiger partial charge >= 0.3 is 21.6 Å². The molecule has 0 spiro atoms. The van der Waals surface area contributed by atoms with E-state index in [-0.39, 0.29) is 19.4 Å². The normalized spacial score (nSPS) is 19.0. The zero-order chi connectivity index (χ0) is 24.3. The third kappa shape index (κ3) is 17.4. The first kappa shape index (κ1) is 30.1. The van der Waals surface area contributed by atoms with Gasteiger partial charge in [0.1, 0.15) is 0 Å². The summed E-state index contributed by atoms with van der Waals surface area (Å²) in [6, 6.07) is 0. The van der Waals surface area contributed by atoms with Gasteiger partial charge in [0.2, 0.25) is 0 Å². The van der Waals surface area contributed by atoms with Crippen LogP contribution in [0, 0.1) is 0 Å². The van der Waals surface area contributed by atoms with Gasteiger partial charge in [0, 0.05) is 6.42 Å². The van der Waals surface area contributed by atoms with Crippen LogP contribution in [0.4, 0.5) is 0 Å². The van der Waals surface area contributed by atoms with Crippen LogP contribution in [0.25, 0.3) is 0 Å². The Bertz CT molecular complexity index is 726. The molecule has 182 valence electrons. The Morgan fingerprint density at radius 3 is 2.23 bits per heavy atom. The van der Waals surface area contributed by atoms with Crippen molar-refractivity contribution in [2.75, 3.05) is 13.2 Å². The quantitative estimate of drug-likeness (QED) is 0.159. The van der Waals surface area contributed by atoms with Crippen LogP contribution in [0.15, 0.2) is 23.3 Å². The lowest BCUT2D eigenvalue weighted by Crippen LogP contribution is -2.33. The largest absolute Gasteiger partial charge is 0.481 e. The minimum absolute atomic E-state index is 0.256. The zero-order valence-electron chi connectivity index (χ0n) is 18.3. The predicted molar refractivity (Wildman–Crippen MR) is 113 cm³/mol. The second-order valence-corrected chi connectivity index (χ2v) is 10.8. The molecule has 0 aromatic rings. The highest BCUT2D eigenvalue weighted by atomic mass is 31.3. The summed E-state index contributed by atoms with van der Waals surface area (Å²) in [5.74, 6) is -1.25. The monoisotopic (exact) mass is 488 g/mol. The third-order valence-corrected chi connectivity index (χ3v) is 6.52. The van der Waals surface area contributed by atoms with Crippen molar-refractivity contribution in [2.24, 2.45) is 0 Å². The molecule has 4 atom stereocenters. The van der Waals surface area contributed by atoms with E-state index in [4.69, 9.17) is 5.11 Å². The number of rotatable bonds is 16. The van der Waals surface area contributed by atoms with Gasteiger partial charge in [-0.15, -0.1) is 0 Å². The van der Waals surface area contributed by atoms with Crippen molar-refractivity contribution < 1.29 is 52.4 Å². The molecule has 0 bridgehead atoms. The molecule has 0 aromatic carbocycles. The molecular weight excluding hydrogens is 454 g/mol. The Morgan fingerprint density at radius 2 is 1.68 bits per heavy atom. The first-order valence-corrected chi connectivity index (χ1v) is 12.6. The summed E-state index contributed by atoms with van der Waals surface area (Å²) in [5.41, 5.74) is 0.388. The van der Waals surface area contributed by atoms with E-state index in [1.165, 1.54) is 12.5 Å². The lowest BCUT2D eigenvalue weighted by Gasteiger charge is -2.24. The summed E-state index contributed by atoms with van der Waals surface area (Å²) in [5, 5.41) is 28.3. The summed E-state index contributed by atoms with van der Waals surface area (Å²) in [6.07, 6.45) is 2.69. The summed E-state index contributed by atoms with van der Waals surface area (Å²) in [6.45, 7) is 6.11. The van der Waals surface area contributed by atoms with Gasteiger partial charge in [-0.25, -0.2) is 9.13 Å². The van der Waals surface area contributed by atoms with E-state index in [0.29, 0.717) is 6.42 Å². The molecule has 11 nitrogen and oxygen atoms in total. The number of aliphatic hydroxyl groups is 2. The molecule has 0 aliphatic heterocycles. The van der Waals surface area contributed by atoms with Gasteiger partial charge in [-0.1, -0.05) is 23.3 Å². The molecule has 0 aliphatic rings. The molecule has 13 heteroatoms. The average molecular weight is 488 g/mol. The number of carboxylic acids is 1. The highest BCUT2D eigenvalue weighted by molar-refractivity contribution is 7.61. The summed E-state index contributed by atoms with van der Waals surface area (Å²) >= 11 is 0. The molecular formula is C18H34O11P2. The predicted octanol–water partition coefficient (Wildman–Crippen LogP) is 3.30. The number of carbonyl (C=O) groups is 1. The molecule has 0 aromatic heterocycles. The van der Waals surface area contributed by atoms with Crippen molar-refractivity contribution in [1.29, 1.82) is 0 Å². The maximum atomic E-state index is 11.8. The summed E-state index contributed by atoms with van der Waals surface area (Å²) in [4.78, 5) is 29.8. The minimum atomic E-state index is -4.97. The molecule has 31 heavy (non-hydrogen) atoms. The van der Waals surface area contributed by atoms with E-state index in [1.54, 1.807) is 6.08 Å². The molecule has 4 unspecified atom stereocenters. The lowest BCUT2D eigenvalue weighted by molar-refractivity contribution is -0.142. The fraction of sp³-hybridized carbons (Fsp3) is 0.722. The molecule has 0 rings (SSSR count). The van der Waals surface area contributed by atoms with Crippen molar-refractivity contribution >= 4 is 21.6 Å². The Kier molecular flexibility index (Phi) is 13.2. The van der Waals surface area contributed by atoms with Crippen LogP contribution in [0.5, 0.6) is 0 Å². The first-order chi connectivity index (χ1) is 14.0. The molecule has 0 amide bonds. The minimum Gasteiger partial charge on any atom is -0.481 e. The number of phosphoric ester groups is 2. The highest BCUT2D eigenvalue weighted by Gasteiger charge is 2.35. The van der Waals surface area contributed by atoms with Crippen molar-refractivity contribution in [1.82, 2.24) is 0 Å². The molecule has 0 radical (unpaired) electrons. The number of hydrogen-bond acceptors (Lipinski definition) is 8. The molecule has 0 heterocycles. The number of aliphatic hydroxyl groups excluding tert-OH is 1. The van der Waals surface area contributed by atoms with E-state index in [2.05, 4.69) is 13.4 Å². The van der Waals surface area contributed by atoms with Gasteiger partial charge in [0.25, 0.3) is 0 Å². The molecule has 0 saturated carbocycles. The molecule has 0 saturated heterocycles. The highest BCUT2D eigenvalue weighted by Crippen LogP contribution is 2.60. The van der Waals surface area contributed by atoms with Crippen LogP contribution >= 0.6 is 15.6 Å². The van der Waals surface area contributed by atoms with Crippen LogP contribution in [-0.4, -0.2) is 56.0 Å². The standard InChI is InChI=1S/C18H34O11P2/c1-14(2)6-5-7-15(3)8-10-27-30(23,24)29-31(25,26)28-11-9-16(19)12-18(4,22)13-17(20)21/h6,8,16,19,22H,5,7,9-13H2,1-4H3,(H,20,21)(H,23,24)(H,25,26). The summed E-state index contributed by atoms with van der Waals surface area (Å²) < 4.78 is 37.0. The SMILES string of the molecule is CC(C)=CCCC(C)=CCOP(=O)(O)OP(=O)(O)OCCC(O)CC(C)(O)CC(=O)O. The van der Waals surface area contributed by atoms with Crippen LogP contribution in [0.1, 0.15) is 59.8 Å². The lowest BCUT2D eigenvalue weighted by atomic mass is 9.94. The number of aliphatic carboxylic acids is 1. The summed E-state index contributed by atoms with van der Waals surface area (Å²) in [7, 11) is -9.86. The topological polar surface area (TPSA) is 180 Å². The Labute approximate surface area is 182 Å². The van der Waals surface area contributed by atoms with Crippen LogP contribution in [0.3, 0.4) is 0 Å². The molecule has 5 N–H and O–H groups in total. The van der Waals surface area contributed by atoms with Crippen molar-refractivity contribution in [2.45, 2.75) is 71.5 Å². The van der Waals surface area contributed by atoms with Gasteiger partial charge in [-0.3, -0.25) is 13.8 Å². The van der Waals surface area contributed by atoms with Crippen LogP contribution < -0.4 is 0 Å². The first-order valence-electron chi connectivity index (χ1n) is 9.61. The smallest absolute Gasteiger partial charge is 0.481 e. The van der Waals surface area contributed by atoms with E-state index < -0.39 is 46.3 Å². The maximum Gasteiger partial charge on any atom is 0.481 e. The second-order valence-electron chi connectivity index (χ2n) is 7.73. The van der Waals surface area contributed by atoms with Crippen molar-refractivity contribution in [3.63, 3.8) is 0 Å². The average Bonchev–Trinajstić information content (AvgIpc) is 2.50. The van der Waals surface area contributed by atoms with Gasteiger partial charge in [-0.05, 0) is 47.0 Å². The third-order valence-electron chi connectivity index (χ3n) is 3.88. The van der Waals surface area contributed by atoms with E-state index in [9.17, 15) is 33.9 Å². The van der Waals surface area contributed by atoms with Crippen LogP contribution in [-0.2, 0) is 27.3 Å². The maximum absolute atomic E-state index is 11.8. The molecule has 0 aliphatic carbocycles. The van der Waals surface area contributed by atoms with E-state index in [1.807, 2.05) is 26.8 Å². The number of carboxylic acid groups (broad SMARTS) is 1. The van der Waals surface area contributed by atoms with E-state index in [0.717, 1.165) is 12.0 Å². The zero-order valence-corrected chi connectivity index (χ0v) is 20.1. The van der Waals surface area contributed by atoms with Gasteiger partial charge < -0.3 is 25.1 Å². The Balaban J connectivity index is 4.44. The second kappa shape index (κ2) is 13.6. The van der Waals surface area contributed by atoms with E-state index >= 15 is 0 Å².